The van der Waals surface area contributed by atoms with Crippen molar-refractivity contribution in [3.05, 3.63) is 77.9 Å². The lowest BCUT2D eigenvalue weighted by Crippen LogP contribution is -2.44. The highest BCUT2D eigenvalue weighted by Crippen LogP contribution is 2.29. The number of benzene rings is 2. The predicted octanol–water partition coefficient (Wildman–Crippen LogP) is 1.63. The van der Waals surface area contributed by atoms with Gasteiger partial charge in [-0.3, -0.25) is 4.79 Å². The fraction of sp³-hybridized carbons (Fsp3) is 0.250. The highest BCUT2D eigenvalue weighted by Gasteiger charge is 2.28. The van der Waals surface area contributed by atoms with Crippen molar-refractivity contribution in [3.8, 4) is 5.75 Å². The summed E-state index contributed by atoms with van der Waals surface area (Å²) in [4.78, 5) is 16.5. The second kappa shape index (κ2) is 8.20. The van der Waals surface area contributed by atoms with Gasteiger partial charge < -0.3 is 10.1 Å². The van der Waals surface area contributed by atoms with E-state index in [0.29, 0.717) is 12.1 Å². The number of hydrogen-bond acceptors (Lipinski definition) is 6. The van der Waals surface area contributed by atoms with Crippen LogP contribution in [0.2, 0.25) is 0 Å². The molecule has 8 heteroatoms. The largest absolute Gasteiger partial charge is 0.496 e. The molecule has 0 aliphatic carbocycles. The minimum atomic E-state index is -0.169. The van der Waals surface area contributed by atoms with Gasteiger partial charge in [-0.2, -0.15) is 5.10 Å². The van der Waals surface area contributed by atoms with Gasteiger partial charge in [-0.15, -0.1) is 0 Å². The molecule has 3 aromatic rings. The van der Waals surface area contributed by atoms with E-state index in [0.717, 1.165) is 23.3 Å². The SMILES string of the molecule is COc1ccccc1C1CC(NC(=O)c2ccc(Cn3cncn3)cc2)NN1. The van der Waals surface area contributed by atoms with Crippen LogP contribution in [0.5, 0.6) is 5.75 Å². The van der Waals surface area contributed by atoms with Gasteiger partial charge >= 0.3 is 0 Å². The van der Waals surface area contributed by atoms with Crippen molar-refractivity contribution in [3.63, 3.8) is 0 Å². The fourth-order valence-corrected chi connectivity index (χ4v) is 3.31. The minimum Gasteiger partial charge on any atom is -0.496 e. The second-order valence-electron chi connectivity index (χ2n) is 6.63. The summed E-state index contributed by atoms with van der Waals surface area (Å²) >= 11 is 0. The van der Waals surface area contributed by atoms with Crippen LogP contribution in [0.4, 0.5) is 0 Å². The average Bonchev–Trinajstić information content (AvgIpc) is 3.40. The van der Waals surface area contributed by atoms with Crippen LogP contribution in [0.1, 0.15) is 33.9 Å². The number of nitrogens with zero attached hydrogens (tertiary/aromatic N) is 3. The molecule has 2 heterocycles. The van der Waals surface area contributed by atoms with Crippen molar-refractivity contribution < 1.29 is 9.53 Å². The number of aromatic nitrogens is 3. The van der Waals surface area contributed by atoms with Crippen LogP contribution in [0.3, 0.4) is 0 Å². The van der Waals surface area contributed by atoms with Gasteiger partial charge in [0.2, 0.25) is 0 Å². The number of methoxy groups -OCH3 is 1. The highest BCUT2D eigenvalue weighted by molar-refractivity contribution is 5.94. The van der Waals surface area contributed by atoms with Crippen molar-refractivity contribution in [1.29, 1.82) is 0 Å². The lowest BCUT2D eigenvalue weighted by molar-refractivity contribution is 0.0932. The summed E-state index contributed by atoms with van der Waals surface area (Å²) in [7, 11) is 1.66. The van der Waals surface area contributed by atoms with Crippen LogP contribution < -0.4 is 20.9 Å². The Morgan fingerprint density at radius 1 is 1.21 bits per heavy atom. The molecule has 0 bridgehead atoms. The van der Waals surface area contributed by atoms with E-state index in [9.17, 15) is 4.79 Å². The summed E-state index contributed by atoms with van der Waals surface area (Å²) in [5.74, 6) is 0.712. The monoisotopic (exact) mass is 378 g/mol. The lowest BCUT2D eigenvalue weighted by atomic mass is 10.0. The summed E-state index contributed by atoms with van der Waals surface area (Å²) in [5.41, 5.74) is 9.10. The lowest BCUT2D eigenvalue weighted by Gasteiger charge is -2.14. The van der Waals surface area contributed by atoms with Crippen LogP contribution in [-0.4, -0.2) is 33.9 Å². The van der Waals surface area contributed by atoms with Crippen molar-refractivity contribution in [1.82, 2.24) is 30.9 Å². The molecule has 0 radical (unpaired) electrons. The summed E-state index contributed by atoms with van der Waals surface area (Å²) in [6.07, 6.45) is 3.72. The van der Waals surface area contributed by atoms with Gasteiger partial charge in [-0.25, -0.2) is 20.5 Å². The normalized spacial score (nSPS) is 18.8. The van der Waals surface area contributed by atoms with Gasteiger partial charge in [-0.1, -0.05) is 30.3 Å². The number of rotatable bonds is 6. The first-order chi connectivity index (χ1) is 13.7. The third-order valence-electron chi connectivity index (χ3n) is 4.75. The highest BCUT2D eigenvalue weighted by atomic mass is 16.5. The number of carbonyl (C=O) groups excluding carboxylic acids is 1. The summed E-state index contributed by atoms with van der Waals surface area (Å²) in [6, 6.07) is 15.4. The zero-order valence-electron chi connectivity index (χ0n) is 15.5. The summed E-state index contributed by atoms with van der Waals surface area (Å²) < 4.78 is 7.16. The number of hydrazine groups is 1. The van der Waals surface area contributed by atoms with Gasteiger partial charge in [0.1, 0.15) is 18.4 Å². The fourth-order valence-electron chi connectivity index (χ4n) is 3.31. The van der Waals surface area contributed by atoms with Crippen molar-refractivity contribution in [2.24, 2.45) is 0 Å². The average molecular weight is 378 g/mol. The van der Waals surface area contributed by atoms with Crippen LogP contribution in [-0.2, 0) is 6.54 Å². The van der Waals surface area contributed by atoms with Crippen molar-refractivity contribution in [2.75, 3.05) is 7.11 Å². The van der Waals surface area contributed by atoms with E-state index < -0.39 is 0 Å². The Balaban J connectivity index is 1.35. The number of para-hydroxylation sites is 1. The molecule has 3 N–H and O–H groups in total. The molecule has 144 valence electrons. The van der Waals surface area contributed by atoms with Crippen molar-refractivity contribution >= 4 is 5.91 Å². The molecule has 1 aliphatic rings. The Labute approximate surface area is 162 Å². The molecule has 28 heavy (non-hydrogen) atoms. The standard InChI is InChI=1S/C20H22N6O2/c1-28-18-5-3-2-4-16(18)17-10-19(25-24-17)23-20(27)15-8-6-14(7-9-15)11-26-13-21-12-22-26/h2-9,12-13,17,19,24-25H,10-11H2,1H3,(H,23,27). The molecule has 1 fully saturated rings. The quantitative estimate of drug-likeness (QED) is 0.604. The maximum Gasteiger partial charge on any atom is 0.252 e. The van der Waals surface area contributed by atoms with E-state index in [1.807, 2.05) is 48.5 Å². The molecule has 1 amide bonds. The van der Waals surface area contributed by atoms with E-state index in [1.165, 1.54) is 6.33 Å². The van der Waals surface area contributed by atoms with Crippen LogP contribution >= 0.6 is 0 Å². The number of carbonyl (C=O) groups is 1. The predicted molar refractivity (Wildman–Crippen MR) is 103 cm³/mol. The zero-order chi connectivity index (χ0) is 19.3. The molecule has 2 unspecified atom stereocenters. The first kappa shape index (κ1) is 18.1. The number of hydrogen-bond donors (Lipinski definition) is 3. The molecule has 2 atom stereocenters. The third kappa shape index (κ3) is 4.03. The van der Waals surface area contributed by atoms with Gasteiger partial charge in [-0.05, 0) is 23.8 Å². The molecule has 1 aromatic heterocycles. The Bertz CT molecular complexity index is 926. The topological polar surface area (TPSA) is 93.1 Å². The number of ether oxygens (including phenoxy) is 1. The summed E-state index contributed by atoms with van der Waals surface area (Å²) in [6.45, 7) is 0.622. The number of nitrogens with one attached hydrogen (secondary N) is 3. The third-order valence-corrected chi connectivity index (χ3v) is 4.75. The second-order valence-corrected chi connectivity index (χ2v) is 6.63. The Morgan fingerprint density at radius 2 is 2.04 bits per heavy atom. The molecule has 0 spiro atoms. The van der Waals surface area contributed by atoms with Gasteiger partial charge in [0.15, 0.2) is 0 Å². The Morgan fingerprint density at radius 3 is 2.79 bits per heavy atom. The molecule has 0 saturated carbocycles. The molecule has 4 rings (SSSR count). The van der Waals surface area contributed by atoms with Crippen LogP contribution in [0.15, 0.2) is 61.2 Å². The first-order valence-corrected chi connectivity index (χ1v) is 9.09. The smallest absolute Gasteiger partial charge is 0.252 e. The Hall–Kier alpha value is -3.23. The van der Waals surface area contributed by atoms with E-state index in [2.05, 4.69) is 26.3 Å². The van der Waals surface area contributed by atoms with Crippen molar-refractivity contribution in [2.45, 2.75) is 25.2 Å². The van der Waals surface area contributed by atoms with Gasteiger partial charge in [0.25, 0.3) is 5.91 Å². The summed E-state index contributed by atoms with van der Waals surface area (Å²) in [5, 5.41) is 7.10. The molecular formula is C20H22N6O2. The molecule has 1 aliphatic heterocycles. The number of amides is 1. The molecular weight excluding hydrogens is 356 g/mol. The molecule has 1 saturated heterocycles. The van der Waals surface area contributed by atoms with E-state index in [-0.39, 0.29) is 18.1 Å². The molecule has 8 nitrogen and oxygen atoms in total. The maximum absolute atomic E-state index is 12.6. The van der Waals surface area contributed by atoms with E-state index in [4.69, 9.17) is 4.74 Å². The van der Waals surface area contributed by atoms with Gasteiger partial charge in [0, 0.05) is 17.5 Å². The van der Waals surface area contributed by atoms with Crippen LogP contribution in [0, 0.1) is 0 Å². The minimum absolute atomic E-state index is 0.0616. The first-order valence-electron chi connectivity index (χ1n) is 9.09. The maximum atomic E-state index is 12.6. The molecule has 2 aromatic carbocycles. The van der Waals surface area contributed by atoms with E-state index in [1.54, 1.807) is 18.1 Å². The van der Waals surface area contributed by atoms with E-state index >= 15 is 0 Å². The zero-order valence-corrected chi connectivity index (χ0v) is 15.5. The van der Waals surface area contributed by atoms with Crippen LogP contribution in [0.25, 0.3) is 0 Å². The Kier molecular flexibility index (Phi) is 5.31. The van der Waals surface area contributed by atoms with Gasteiger partial charge in [0.05, 0.1) is 25.9 Å².